The molecule has 9 heteroatoms. The highest BCUT2D eigenvalue weighted by molar-refractivity contribution is 5.81. The van der Waals surface area contributed by atoms with Crippen LogP contribution in [0.2, 0.25) is 0 Å². The number of rotatable bonds is 6. The molecular weight excluding hydrogens is 425 g/mol. The highest BCUT2D eigenvalue weighted by Gasteiger charge is 2.28. The second-order valence-corrected chi connectivity index (χ2v) is 8.63. The molecule has 1 aliphatic rings. The lowest BCUT2D eigenvalue weighted by Crippen LogP contribution is -2.48. The summed E-state index contributed by atoms with van der Waals surface area (Å²) in [7, 11) is 0. The third-order valence-corrected chi connectivity index (χ3v) is 6.54. The van der Waals surface area contributed by atoms with Crippen LogP contribution in [0.1, 0.15) is 50.8 Å². The molecule has 0 radical (unpaired) electrons. The Bertz CT molecular complexity index is 1290. The van der Waals surface area contributed by atoms with Gasteiger partial charge in [0.2, 0.25) is 5.91 Å². The molecule has 1 atom stereocenters. The van der Waals surface area contributed by atoms with Gasteiger partial charge in [-0.15, -0.1) is 0 Å². The van der Waals surface area contributed by atoms with E-state index in [-0.39, 0.29) is 25.0 Å². The molecule has 0 spiro atoms. The number of aromatic nitrogens is 4. The number of aryl methyl sites for hydroxylation is 2. The summed E-state index contributed by atoms with van der Waals surface area (Å²) in [6.07, 6.45) is 3.87. The number of fused-ring (bicyclic) bond motifs is 1. The molecule has 1 saturated heterocycles. The largest absolute Gasteiger partial charge is 0.338 e. The molecule has 0 N–H and O–H groups in total. The highest BCUT2D eigenvalue weighted by Crippen LogP contribution is 2.21. The number of hydrogen-bond acceptors (Lipinski definition) is 4. The SMILES string of the molecule is CC[C@@H]1CCCCN1C(=O)Cn1c(=O)n(Cc2ccc(F)cc2)c(=O)c2c1c(C)nn2CC. The summed E-state index contributed by atoms with van der Waals surface area (Å²) in [4.78, 5) is 42.1. The van der Waals surface area contributed by atoms with Gasteiger partial charge >= 0.3 is 5.69 Å². The van der Waals surface area contributed by atoms with Crippen LogP contribution in [0.15, 0.2) is 33.9 Å². The maximum Gasteiger partial charge on any atom is 0.332 e. The van der Waals surface area contributed by atoms with Crippen LogP contribution in [-0.4, -0.2) is 42.3 Å². The molecule has 1 amide bonds. The quantitative estimate of drug-likeness (QED) is 0.572. The number of nitrogens with zero attached hydrogens (tertiary/aromatic N) is 5. The van der Waals surface area contributed by atoms with E-state index >= 15 is 0 Å². The third kappa shape index (κ3) is 4.24. The van der Waals surface area contributed by atoms with Gasteiger partial charge in [0.25, 0.3) is 5.56 Å². The zero-order valence-corrected chi connectivity index (χ0v) is 19.4. The van der Waals surface area contributed by atoms with Gasteiger partial charge in [0.1, 0.15) is 17.9 Å². The van der Waals surface area contributed by atoms with Crippen LogP contribution < -0.4 is 11.2 Å². The van der Waals surface area contributed by atoms with Crippen molar-refractivity contribution in [3.05, 3.63) is 62.2 Å². The lowest BCUT2D eigenvalue weighted by molar-refractivity contribution is -0.135. The number of carbonyl (C=O) groups excluding carboxylic acids is 1. The van der Waals surface area contributed by atoms with Crippen molar-refractivity contribution in [3.63, 3.8) is 0 Å². The van der Waals surface area contributed by atoms with Gasteiger partial charge in [-0.3, -0.25) is 23.4 Å². The molecule has 8 nitrogen and oxygen atoms in total. The van der Waals surface area contributed by atoms with Crippen LogP contribution >= 0.6 is 0 Å². The van der Waals surface area contributed by atoms with Crippen LogP contribution in [0, 0.1) is 12.7 Å². The smallest absolute Gasteiger partial charge is 0.332 e. The topological polar surface area (TPSA) is 82.1 Å². The molecule has 1 fully saturated rings. The normalized spacial score (nSPS) is 16.5. The van der Waals surface area contributed by atoms with Crippen molar-refractivity contribution in [1.82, 2.24) is 23.8 Å². The summed E-state index contributed by atoms with van der Waals surface area (Å²) in [6.45, 7) is 6.65. The van der Waals surface area contributed by atoms with E-state index in [4.69, 9.17) is 0 Å². The molecule has 0 bridgehead atoms. The van der Waals surface area contributed by atoms with Crippen molar-refractivity contribution in [2.24, 2.45) is 0 Å². The van der Waals surface area contributed by atoms with Crippen molar-refractivity contribution >= 4 is 16.9 Å². The van der Waals surface area contributed by atoms with Gasteiger partial charge in [-0.1, -0.05) is 19.1 Å². The predicted molar refractivity (Wildman–Crippen MR) is 124 cm³/mol. The number of hydrogen-bond donors (Lipinski definition) is 0. The Labute approximate surface area is 191 Å². The van der Waals surface area contributed by atoms with E-state index in [9.17, 15) is 18.8 Å². The average Bonchev–Trinajstić information content (AvgIpc) is 3.16. The Morgan fingerprint density at radius 2 is 1.82 bits per heavy atom. The fraction of sp³-hybridized carbons (Fsp3) is 0.500. The molecular formula is C24H30FN5O3. The lowest BCUT2D eigenvalue weighted by atomic mass is 10.00. The van der Waals surface area contributed by atoms with Gasteiger partial charge in [0, 0.05) is 19.1 Å². The van der Waals surface area contributed by atoms with Gasteiger partial charge in [0.15, 0.2) is 5.52 Å². The van der Waals surface area contributed by atoms with E-state index < -0.39 is 17.1 Å². The average molecular weight is 456 g/mol. The first kappa shape index (κ1) is 22.9. The van der Waals surface area contributed by atoms with Gasteiger partial charge in [-0.25, -0.2) is 9.18 Å². The van der Waals surface area contributed by atoms with Crippen molar-refractivity contribution < 1.29 is 9.18 Å². The second-order valence-electron chi connectivity index (χ2n) is 8.63. The molecule has 4 rings (SSSR count). The molecule has 1 aliphatic heterocycles. The molecule has 0 unspecified atom stereocenters. The Kier molecular flexibility index (Phi) is 6.49. The standard InChI is InChI=1S/C24H30FN5O3/c1-4-19-8-6-7-13-27(19)20(31)15-28-21-16(3)26-30(5-2)22(21)23(32)29(24(28)33)14-17-9-11-18(25)12-10-17/h9-12,19H,4-8,13-15H2,1-3H3/t19-/m1/s1. The highest BCUT2D eigenvalue weighted by atomic mass is 19.1. The molecule has 2 aromatic heterocycles. The maximum atomic E-state index is 13.5. The summed E-state index contributed by atoms with van der Waals surface area (Å²) in [5.74, 6) is -0.517. The number of carbonyl (C=O) groups is 1. The third-order valence-electron chi connectivity index (χ3n) is 6.54. The van der Waals surface area contributed by atoms with Crippen molar-refractivity contribution in [2.45, 2.75) is 72.1 Å². The van der Waals surface area contributed by atoms with E-state index in [0.717, 1.165) is 30.3 Å². The second kappa shape index (κ2) is 9.33. The minimum absolute atomic E-state index is 0.0165. The van der Waals surface area contributed by atoms with Crippen molar-refractivity contribution in [3.8, 4) is 0 Å². The minimum atomic E-state index is -0.561. The number of halogens is 1. The van der Waals surface area contributed by atoms with Crippen LogP contribution in [0.4, 0.5) is 4.39 Å². The fourth-order valence-electron chi connectivity index (χ4n) is 4.83. The van der Waals surface area contributed by atoms with E-state index in [1.165, 1.54) is 16.7 Å². The Morgan fingerprint density at radius 1 is 1.09 bits per heavy atom. The first-order valence-corrected chi connectivity index (χ1v) is 11.6. The monoisotopic (exact) mass is 455 g/mol. The number of likely N-dealkylation sites (tertiary alicyclic amines) is 1. The molecule has 1 aromatic carbocycles. The zero-order valence-electron chi connectivity index (χ0n) is 19.4. The summed E-state index contributed by atoms with van der Waals surface area (Å²) in [5.41, 5.74) is 0.835. The minimum Gasteiger partial charge on any atom is -0.338 e. The Hall–Kier alpha value is -3.23. The molecule has 3 aromatic rings. The lowest BCUT2D eigenvalue weighted by Gasteiger charge is -2.35. The molecule has 176 valence electrons. The zero-order chi connectivity index (χ0) is 23.7. The van der Waals surface area contributed by atoms with Gasteiger partial charge < -0.3 is 4.90 Å². The van der Waals surface area contributed by atoms with E-state index in [2.05, 4.69) is 12.0 Å². The first-order chi connectivity index (χ1) is 15.8. The van der Waals surface area contributed by atoms with Crippen LogP contribution in [0.25, 0.3) is 11.0 Å². The molecule has 0 aliphatic carbocycles. The number of piperidine rings is 1. The summed E-state index contributed by atoms with van der Waals surface area (Å²) < 4.78 is 17.4. The number of amides is 1. The first-order valence-electron chi connectivity index (χ1n) is 11.6. The van der Waals surface area contributed by atoms with Crippen molar-refractivity contribution in [2.75, 3.05) is 6.54 Å². The van der Waals surface area contributed by atoms with Gasteiger partial charge in [0.05, 0.1) is 12.2 Å². The van der Waals surface area contributed by atoms with Crippen LogP contribution in [0.3, 0.4) is 0 Å². The van der Waals surface area contributed by atoms with E-state index in [1.54, 1.807) is 23.7 Å². The molecule has 3 heterocycles. The van der Waals surface area contributed by atoms with Gasteiger partial charge in [-0.05, 0) is 57.2 Å². The van der Waals surface area contributed by atoms with Crippen LogP contribution in [0.5, 0.6) is 0 Å². The predicted octanol–water partition coefficient (Wildman–Crippen LogP) is 2.67. The van der Waals surface area contributed by atoms with Crippen LogP contribution in [-0.2, 0) is 24.4 Å². The van der Waals surface area contributed by atoms with Crippen molar-refractivity contribution in [1.29, 1.82) is 0 Å². The van der Waals surface area contributed by atoms with E-state index in [1.807, 2.05) is 11.8 Å². The maximum absolute atomic E-state index is 13.5. The summed E-state index contributed by atoms with van der Waals surface area (Å²) in [5, 5.41) is 4.45. The molecule has 0 saturated carbocycles. The summed E-state index contributed by atoms with van der Waals surface area (Å²) in [6, 6.07) is 5.85. The van der Waals surface area contributed by atoms with Gasteiger partial charge in [-0.2, -0.15) is 5.10 Å². The number of benzene rings is 1. The Morgan fingerprint density at radius 3 is 2.48 bits per heavy atom. The summed E-state index contributed by atoms with van der Waals surface area (Å²) >= 11 is 0. The van der Waals surface area contributed by atoms with E-state index in [0.29, 0.717) is 35.4 Å². The fourth-order valence-corrected chi connectivity index (χ4v) is 4.83. The molecule has 33 heavy (non-hydrogen) atoms. The Balaban J connectivity index is 1.84.